The fourth-order valence-electron chi connectivity index (χ4n) is 1.97. The van der Waals surface area contributed by atoms with Crippen LogP contribution in [0.1, 0.15) is 38.3 Å². The highest BCUT2D eigenvalue weighted by Crippen LogP contribution is 2.14. The van der Waals surface area contributed by atoms with Gasteiger partial charge in [0.25, 0.3) is 0 Å². The van der Waals surface area contributed by atoms with E-state index < -0.39 is 6.04 Å². The lowest BCUT2D eigenvalue weighted by atomic mass is 10.1. The fourth-order valence-corrected chi connectivity index (χ4v) is 2.45. The lowest BCUT2D eigenvalue weighted by molar-refractivity contribution is -0.129. The molecule has 0 aromatic heterocycles. The predicted octanol–water partition coefficient (Wildman–Crippen LogP) is 2.65. The van der Waals surface area contributed by atoms with Crippen molar-refractivity contribution >= 4 is 23.6 Å². The summed E-state index contributed by atoms with van der Waals surface area (Å²) in [5, 5.41) is 5.56. The number of halogens is 1. The van der Waals surface area contributed by atoms with Crippen molar-refractivity contribution in [3.8, 4) is 0 Å². The second-order valence-electron chi connectivity index (χ2n) is 5.04. The molecule has 0 saturated carbocycles. The average Bonchev–Trinajstić information content (AvgIpc) is 2.50. The number of amides is 2. The summed E-state index contributed by atoms with van der Waals surface area (Å²) in [7, 11) is 0. The molecule has 0 spiro atoms. The summed E-state index contributed by atoms with van der Waals surface area (Å²) in [5.74, 6) is 0.0419. The fraction of sp³-hybridized carbons (Fsp3) is 0.500. The number of thioether (sulfide) groups is 1. The minimum absolute atomic E-state index is 0.153. The number of nitrogens with one attached hydrogen (secondary N) is 2. The monoisotopic (exact) mass is 326 g/mol. The van der Waals surface area contributed by atoms with Crippen molar-refractivity contribution in [2.24, 2.45) is 0 Å². The first kappa shape index (κ1) is 18.5. The lowest BCUT2D eigenvalue weighted by Crippen LogP contribution is -2.47. The molecule has 0 radical (unpaired) electrons. The van der Waals surface area contributed by atoms with Gasteiger partial charge in [-0.2, -0.15) is 11.8 Å². The summed E-state index contributed by atoms with van der Waals surface area (Å²) >= 11 is 1.62. The highest BCUT2D eigenvalue weighted by molar-refractivity contribution is 7.98. The largest absolute Gasteiger partial charge is 0.348 e. The molecule has 0 saturated heterocycles. The standard InChI is InChI=1S/C16H23FN2O2S/c1-4-15(20)19-14(8-9-22-3)16(21)18-11(2)12-6-5-7-13(17)10-12/h5-7,10-11,14H,4,8-9H2,1-3H3,(H,18,21)(H,19,20)/t11-,14-/m1/s1. The van der Waals surface area contributed by atoms with Crippen molar-refractivity contribution in [3.63, 3.8) is 0 Å². The van der Waals surface area contributed by atoms with E-state index in [4.69, 9.17) is 0 Å². The Labute approximate surface area is 135 Å². The molecule has 0 heterocycles. The Hall–Kier alpha value is -1.56. The smallest absolute Gasteiger partial charge is 0.243 e. The Morgan fingerprint density at radius 1 is 1.32 bits per heavy atom. The zero-order valence-electron chi connectivity index (χ0n) is 13.2. The molecule has 22 heavy (non-hydrogen) atoms. The number of benzene rings is 1. The number of carbonyl (C=O) groups excluding carboxylic acids is 2. The molecule has 4 nitrogen and oxygen atoms in total. The van der Waals surface area contributed by atoms with Crippen molar-refractivity contribution in [2.45, 2.75) is 38.8 Å². The van der Waals surface area contributed by atoms with Crippen LogP contribution in [0.25, 0.3) is 0 Å². The van der Waals surface area contributed by atoms with Crippen molar-refractivity contribution in [1.29, 1.82) is 0 Å². The Morgan fingerprint density at radius 2 is 2.05 bits per heavy atom. The Balaban J connectivity index is 2.70. The molecule has 0 unspecified atom stereocenters. The van der Waals surface area contributed by atoms with E-state index in [0.29, 0.717) is 18.4 Å². The van der Waals surface area contributed by atoms with Crippen molar-refractivity contribution in [3.05, 3.63) is 35.6 Å². The Bertz CT molecular complexity index is 511. The highest BCUT2D eigenvalue weighted by atomic mass is 32.2. The van der Waals surface area contributed by atoms with Gasteiger partial charge in [-0.05, 0) is 43.0 Å². The van der Waals surface area contributed by atoms with Gasteiger partial charge in [0.2, 0.25) is 11.8 Å². The van der Waals surface area contributed by atoms with Crippen molar-refractivity contribution in [1.82, 2.24) is 10.6 Å². The van der Waals surface area contributed by atoms with Crippen LogP contribution in [0, 0.1) is 5.82 Å². The SMILES string of the molecule is CCC(=O)N[C@H](CCSC)C(=O)N[C@H](C)c1cccc(F)c1. The van der Waals surface area contributed by atoms with E-state index in [1.54, 1.807) is 37.7 Å². The van der Waals surface area contributed by atoms with Crippen molar-refractivity contribution < 1.29 is 14.0 Å². The molecule has 2 N–H and O–H groups in total. The van der Waals surface area contributed by atoms with Gasteiger partial charge in [0.1, 0.15) is 11.9 Å². The van der Waals surface area contributed by atoms with Crippen LogP contribution in [0.3, 0.4) is 0 Å². The third kappa shape index (κ3) is 6.05. The van der Waals surface area contributed by atoms with E-state index in [0.717, 1.165) is 5.75 Å². The molecule has 0 aliphatic carbocycles. The summed E-state index contributed by atoms with van der Waals surface area (Å²) in [4.78, 5) is 23.9. The molecular formula is C16H23FN2O2S. The zero-order chi connectivity index (χ0) is 16.5. The Morgan fingerprint density at radius 3 is 2.64 bits per heavy atom. The van der Waals surface area contributed by atoms with E-state index in [-0.39, 0.29) is 23.7 Å². The van der Waals surface area contributed by atoms with Crippen LogP contribution in [-0.4, -0.2) is 29.9 Å². The van der Waals surface area contributed by atoms with Gasteiger partial charge in [-0.3, -0.25) is 9.59 Å². The number of rotatable bonds is 8. The van der Waals surface area contributed by atoms with Gasteiger partial charge in [-0.25, -0.2) is 4.39 Å². The molecule has 122 valence electrons. The van der Waals surface area contributed by atoms with E-state index in [1.165, 1.54) is 12.1 Å². The molecule has 2 atom stereocenters. The molecule has 1 rings (SSSR count). The molecule has 1 aromatic carbocycles. The minimum atomic E-state index is -0.559. The van der Waals surface area contributed by atoms with Crippen LogP contribution < -0.4 is 10.6 Å². The highest BCUT2D eigenvalue weighted by Gasteiger charge is 2.21. The second-order valence-corrected chi connectivity index (χ2v) is 6.03. The molecule has 0 bridgehead atoms. The number of hydrogen-bond acceptors (Lipinski definition) is 3. The van der Waals surface area contributed by atoms with Gasteiger partial charge in [0, 0.05) is 6.42 Å². The lowest BCUT2D eigenvalue weighted by Gasteiger charge is -2.21. The topological polar surface area (TPSA) is 58.2 Å². The average molecular weight is 326 g/mol. The van der Waals surface area contributed by atoms with Crippen LogP contribution in [-0.2, 0) is 9.59 Å². The number of hydrogen-bond donors (Lipinski definition) is 2. The van der Waals surface area contributed by atoms with Crippen molar-refractivity contribution in [2.75, 3.05) is 12.0 Å². The normalized spacial score (nSPS) is 13.3. The predicted molar refractivity (Wildman–Crippen MR) is 88.2 cm³/mol. The first-order valence-corrected chi connectivity index (χ1v) is 8.71. The maximum atomic E-state index is 13.2. The molecule has 2 amide bonds. The van der Waals surface area contributed by atoms with Gasteiger partial charge in [-0.1, -0.05) is 19.1 Å². The first-order chi connectivity index (χ1) is 10.5. The van der Waals surface area contributed by atoms with Gasteiger partial charge in [0.05, 0.1) is 6.04 Å². The van der Waals surface area contributed by atoms with E-state index in [1.807, 2.05) is 6.26 Å². The van der Waals surface area contributed by atoms with E-state index >= 15 is 0 Å². The summed E-state index contributed by atoms with van der Waals surface area (Å²) < 4.78 is 13.2. The zero-order valence-corrected chi connectivity index (χ0v) is 14.0. The van der Waals surface area contributed by atoms with E-state index in [2.05, 4.69) is 10.6 Å². The van der Waals surface area contributed by atoms with Gasteiger partial charge in [-0.15, -0.1) is 0 Å². The molecule has 0 aliphatic heterocycles. The summed E-state index contributed by atoms with van der Waals surface area (Å²) in [6, 6.07) is 5.25. The van der Waals surface area contributed by atoms with Gasteiger partial charge < -0.3 is 10.6 Å². The third-order valence-electron chi connectivity index (χ3n) is 3.29. The second kappa shape index (κ2) is 9.46. The summed E-state index contributed by atoms with van der Waals surface area (Å²) in [6.07, 6.45) is 2.85. The number of carbonyl (C=O) groups is 2. The summed E-state index contributed by atoms with van der Waals surface area (Å²) in [6.45, 7) is 3.54. The van der Waals surface area contributed by atoms with Gasteiger partial charge >= 0.3 is 0 Å². The van der Waals surface area contributed by atoms with Crippen LogP contribution in [0.4, 0.5) is 4.39 Å². The van der Waals surface area contributed by atoms with Crippen LogP contribution >= 0.6 is 11.8 Å². The van der Waals surface area contributed by atoms with Crippen LogP contribution in [0.15, 0.2) is 24.3 Å². The quantitative estimate of drug-likeness (QED) is 0.772. The maximum Gasteiger partial charge on any atom is 0.243 e. The van der Waals surface area contributed by atoms with Crippen LogP contribution in [0.2, 0.25) is 0 Å². The molecule has 6 heteroatoms. The molecule has 0 aliphatic rings. The maximum absolute atomic E-state index is 13.2. The molecule has 1 aromatic rings. The third-order valence-corrected chi connectivity index (χ3v) is 3.93. The Kier molecular flexibility index (Phi) is 7.95. The molecule has 0 fully saturated rings. The minimum Gasteiger partial charge on any atom is -0.348 e. The summed E-state index contributed by atoms with van der Waals surface area (Å²) in [5.41, 5.74) is 0.693. The molecular weight excluding hydrogens is 303 g/mol. The first-order valence-electron chi connectivity index (χ1n) is 7.32. The van der Waals surface area contributed by atoms with E-state index in [9.17, 15) is 14.0 Å². The van der Waals surface area contributed by atoms with Gasteiger partial charge in [0.15, 0.2) is 0 Å². The van der Waals surface area contributed by atoms with Crippen LogP contribution in [0.5, 0.6) is 0 Å².